The van der Waals surface area contributed by atoms with Crippen molar-refractivity contribution in [1.29, 1.82) is 5.26 Å². The molecule has 22 heavy (non-hydrogen) atoms. The van der Waals surface area contributed by atoms with Crippen LogP contribution in [0.2, 0.25) is 0 Å². The third kappa shape index (κ3) is 2.74. The molecule has 2 bridgehead atoms. The van der Waals surface area contributed by atoms with Crippen molar-refractivity contribution >= 4 is 0 Å². The molecule has 0 amide bonds. The highest BCUT2D eigenvalue weighted by molar-refractivity contribution is 5.23. The van der Waals surface area contributed by atoms with E-state index in [2.05, 4.69) is 35.3 Å². The predicted octanol–water partition coefficient (Wildman–Crippen LogP) is 1.30. The Morgan fingerprint density at radius 1 is 1.14 bits per heavy atom. The maximum atomic E-state index is 13.0. The Bertz CT molecular complexity index is 535. The van der Waals surface area contributed by atoms with Crippen LogP contribution in [0.15, 0.2) is 24.3 Å². The summed E-state index contributed by atoms with van der Waals surface area (Å²) in [5, 5.41) is 13.5. The van der Waals surface area contributed by atoms with Crippen LogP contribution in [0.1, 0.15) is 5.56 Å². The van der Waals surface area contributed by atoms with Crippen LogP contribution in [0, 0.1) is 29.0 Å². The quantitative estimate of drug-likeness (QED) is 0.914. The lowest BCUT2D eigenvalue weighted by Crippen LogP contribution is -2.70. The molecule has 4 nitrogen and oxygen atoms in total. The third-order valence-corrected chi connectivity index (χ3v) is 5.10. The van der Waals surface area contributed by atoms with Gasteiger partial charge in [0.25, 0.3) is 0 Å². The van der Waals surface area contributed by atoms with E-state index < -0.39 is 5.54 Å². The molecule has 0 saturated carbocycles. The second-order valence-electron chi connectivity index (χ2n) is 6.80. The Hall–Kier alpha value is -1.48. The maximum Gasteiger partial charge on any atom is 0.123 e. The van der Waals surface area contributed by atoms with E-state index in [0.717, 1.165) is 31.7 Å². The standard InChI is InChI=1S/C17H23FN4/c1-21-8-14-10-22(2)11-15(9-21)17(14,12-19)20-7-13-3-5-16(18)6-4-13/h3-6,14-15,20H,7-11H2,1-2H3. The van der Waals surface area contributed by atoms with Gasteiger partial charge in [-0.25, -0.2) is 4.39 Å². The highest BCUT2D eigenvalue weighted by Crippen LogP contribution is 2.37. The normalized spacial score (nSPS) is 32.6. The lowest BCUT2D eigenvalue weighted by molar-refractivity contribution is -0.0151. The molecular formula is C17H23FN4. The number of halogens is 1. The Morgan fingerprint density at radius 3 is 2.09 bits per heavy atom. The van der Waals surface area contributed by atoms with Gasteiger partial charge < -0.3 is 9.80 Å². The summed E-state index contributed by atoms with van der Waals surface area (Å²) < 4.78 is 13.0. The molecule has 1 aromatic rings. The minimum atomic E-state index is -0.479. The van der Waals surface area contributed by atoms with Crippen molar-refractivity contribution in [1.82, 2.24) is 15.1 Å². The molecule has 0 spiro atoms. The average molecular weight is 302 g/mol. The molecule has 0 atom stereocenters. The van der Waals surface area contributed by atoms with Gasteiger partial charge in [-0.3, -0.25) is 5.32 Å². The van der Waals surface area contributed by atoms with Crippen molar-refractivity contribution in [2.45, 2.75) is 12.1 Å². The molecule has 2 saturated heterocycles. The van der Waals surface area contributed by atoms with Crippen LogP contribution in [0.4, 0.5) is 4.39 Å². The van der Waals surface area contributed by atoms with Crippen LogP contribution in [0.25, 0.3) is 0 Å². The molecule has 0 aromatic heterocycles. The van der Waals surface area contributed by atoms with E-state index in [-0.39, 0.29) is 5.82 Å². The molecule has 0 aliphatic carbocycles. The van der Waals surface area contributed by atoms with Crippen LogP contribution < -0.4 is 5.32 Å². The van der Waals surface area contributed by atoms with Crippen molar-refractivity contribution in [2.24, 2.45) is 11.8 Å². The zero-order valence-electron chi connectivity index (χ0n) is 13.2. The first-order chi connectivity index (χ1) is 10.5. The number of nitrogens with zero attached hydrogens (tertiary/aromatic N) is 3. The van der Waals surface area contributed by atoms with Crippen molar-refractivity contribution in [3.05, 3.63) is 35.6 Å². The van der Waals surface area contributed by atoms with Gasteiger partial charge in [0, 0.05) is 44.6 Å². The highest BCUT2D eigenvalue weighted by Gasteiger charge is 2.52. The number of fused-ring (bicyclic) bond motifs is 2. The van der Waals surface area contributed by atoms with Gasteiger partial charge >= 0.3 is 0 Å². The van der Waals surface area contributed by atoms with Crippen LogP contribution in [-0.2, 0) is 6.54 Å². The van der Waals surface area contributed by atoms with Crippen molar-refractivity contribution in [3.63, 3.8) is 0 Å². The van der Waals surface area contributed by atoms with Gasteiger partial charge in [0.2, 0.25) is 0 Å². The molecule has 2 heterocycles. The summed E-state index contributed by atoms with van der Waals surface area (Å²) in [5.41, 5.74) is 0.536. The second kappa shape index (κ2) is 5.96. The van der Waals surface area contributed by atoms with Gasteiger partial charge in [-0.15, -0.1) is 0 Å². The maximum absolute atomic E-state index is 13.0. The fraction of sp³-hybridized carbons (Fsp3) is 0.588. The zero-order chi connectivity index (χ0) is 15.7. The summed E-state index contributed by atoms with van der Waals surface area (Å²) >= 11 is 0. The van der Waals surface area contributed by atoms with E-state index in [1.807, 2.05) is 0 Å². The number of piperidine rings is 2. The molecule has 2 aliphatic heterocycles. The van der Waals surface area contributed by atoms with Crippen LogP contribution in [0.3, 0.4) is 0 Å². The molecule has 1 aromatic carbocycles. The monoisotopic (exact) mass is 302 g/mol. The smallest absolute Gasteiger partial charge is 0.123 e. The van der Waals surface area contributed by atoms with E-state index >= 15 is 0 Å². The summed E-state index contributed by atoms with van der Waals surface area (Å²) in [6.45, 7) is 4.35. The Balaban J connectivity index is 1.79. The van der Waals surface area contributed by atoms with Gasteiger partial charge in [0.1, 0.15) is 11.4 Å². The van der Waals surface area contributed by atoms with E-state index in [4.69, 9.17) is 0 Å². The summed E-state index contributed by atoms with van der Waals surface area (Å²) in [6, 6.07) is 9.11. The topological polar surface area (TPSA) is 42.3 Å². The second-order valence-corrected chi connectivity index (χ2v) is 6.80. The van der Waals surface area contributed by atoms with E-state index in [9.17, 15) is 9.65 Å². The van der Waals surface area contributed by atoms with E-state index in [1.54, 1.807) is 12.1 Å². The van der Waals surface area contributed by atoms with Crippen LogP contribution in [0.5, 0.6) is 0 Å². The first kappa shape index (κ1) is 15.4. The Morgan fingerprint density at radius 2 is 1.64 bits per heavy atom. The molecule has 0 radical (unpaired) electrons. The number of benzene rings is 1. The fourth-order valence-electron chi connectivity index (χ4n) is 4.04. The number of nitrogens with one attached hydrogen (secondary N) is 1. The van der Waals surface area contributed by atoms with E-state index in [1.165, 1.54) is 12.1 Å². The van der Waals surface area contributed by atoms with Gasteiger partial charge in [-0.1, -0.05) is 12.1 Å². The largest absolute Gasteiger partial charge is 0.305 e. The summed E-state index contributed by atoms with van der Waals surface area (Å²) in [5.74, 6) is 0.359. The first-order valence-electron chi connectivity index (χ1n) is 7.81. The minimum Gasteiger partial charge on any atom is -0.305 e. The zero-order valence-corrected chi connectivity index (χ0v) is 13.2. The molecule has 118 valence electrons. The number of nitriles is 1. The Kier molecular flexibility index (Phi) is 4.18. The third-order valence-electron chi connectivity index (χ3n) is 5.10. The molecule has 0 unspecified atom stereocenters. The first-order valence-corrected chi connectivity index (χ1v) is 7.81. The average Bonchev–Trinajstić information content (AvgIpc) is 2.47. The summed E-state index contributed by atoms with van der Waals surface area (Å²) in [7, 11) is 4.26. The number of hydrogen-bond donors (Lipinski definition) is 1. The summed E-state index contributed by atoms with van der Waals surface area (Å²) in [6.07, 6.45) is 0. The Labute approximate surface area is 131 Å². The molecule has 3 rings (SSSR count). The van der Waals surface area contributed by atoms with Gasteiger partial charge in [0.05, 0.1) is 6.07 Å². The van der Waals surface area contributed by atoms with Gasteiger partial charge in [-0.05, 0) is 31.8 Å². The molecule has 2 aliphatic rings. The number of rotatable bonds is 3. The van der Waals surface area contributed by atoms with Crippen LogP contribution in [-0.4, -0.2) is 55.6 Å². The van der Waals surface area contributed by atoms with Gasteiger partial charge in [0.15, 0.2) is 0 Å². The van der Waals surface area contributed by atoms with Crippen LogP contribution >= 0.6 is 0 Å². The molecule has 2 fully saturated rings. The molecular weight excluding hydrogens is 279 g/mol. The van der Waals surface area contributed by atoms with Crippen molar-refractivity contribution in [2.75, 3.05) is 40.3 Å². The van der Waals surface area contributed by atoms with Crippen molar-refractivity contribution in [3.8, 4) is 6.07 Å². The number of hydrogen-bond acceptors (Lipinski definition) is 4. The lowest BCUT2D eigenvalue weighted by Gasteiger charge is -2.54. The molecule has 5 heteroatoms. The highest BCUT2D eigenvalue weighted by atomic mass is 19.1. The number of likely N-dealkylation sites (tertiary alicyclic amines) is 2. The summed E-state index contributed by atoms with van der Waals surface area (Å²) in [4.78, 5) is 4.66. The van der Waals surface area contributed by atoms with Crippen molar-refractivity contribution < 1.29 is 4.39 Å². The fourth-order valence-corrected chi connectivity index (χ4v) is 4.04. The minimum absolute atomic E-state index is 0.225. The predicted molar refractivity (Wildman–Crippen MR) is 83.6 cm³/mol. The SMILES string of the molecule is CN1CC2CN(C)CC(C1)C2(C#N)NCc1ccc(F)cc1. The van der Waals surface area contributed by atoms with Gasteiger partial charge in [-0.2, -0.15) is 5.26 Å². The lowest BCUT2D eigenvalue weighted by atomic mass is 9.68. The molecule has 1 N–H and O–H groups in total. The van der Waals surface area contributed by atoms with E-state index in [0.29, 0.717) is 18.4 Å².